The Kier molecular flexibility index (Phi) is 4.33. The van der Waals surface area contributed by atoms with Gasteiger partial charge in [0.15, 0.2) is 0 Å². The van der Waals surface area contributed by atoms with Crippen molar-refractivity contribution in [3.8, 4) is 6.07 Å². The SMILES string of the molecule is CCOC(=O)c1cnn(Cc2ccc(N3CC4CC4C3)c(C#N)c2Cl)c1. The van der Waals surface area contributed by atoms with Crippen LogP contribution in [0.5, 0.6) is 0 Å². The molecule has 134 valence electrons. The van der Waals surface area contributed by atoms with Crippen molar-refractivity contribution < 1.29 is 9.53 Å². The van der Waals surface area contributed by atoms with Gasteiger partial charge in [-0.1, -0.05) is 17.7 Å². The second-order valence-corrected chi connectivity index (χ2v) is 7.23. The van der Waals surface area contributed by atoms with Crippen LogP contribution in [0.25, 0.3) is 0 Å². The van der Waals surface area contributed by atoms with Gasteiger partial charge in [0.1, 0.15) is 6.07 Å². The number of ether oxygens (including phenoxy) is 1. The molecule has 2 fully saturated rings. The molecule has 2 atom stereocenters. The highest BCUT2D eigenvalue weighted by atomic mass is 35.5. The van der Waals surface area contributed by atoms with Crippen molar-refractivity contribution in [2.24, 2.45) is 11.8 Å². The minimum atomic E-state index is -0.398. The molecule has 2 unspecified atom stereocenters. The molecular formula is C19H19ClN4O2. The zero-order chi connectivity index (χ0) is 18.3. The van der Waals surface area contributed by atoms with Crippen LogP contribution < -0.4 is 4.90 Å². The van der Waals surface area contributed by atoms with E-state index in [1.807, 2.05) is 12.1 Å². The van der Waals surface area contributed by atoms with E-state index >= 15 is 0 Å². The van der Waals surface area contributed by atoms with E-state index in [4.69, 9.17) is 16.3 Å². The number of aromatic nitrogens is 2. The Bertz CT molecular complexity index is 891. The molecule has 2 aromatic rings. The summed E-state index contributed by atoms with van der Waals surface area (Å²) in [6, 6.07) is 6.17. The summed E-state index contributed by atoms with van der Waals surface area (Å²) in [5.74, 6) is 1.17. The molecule has 1 saturated carbocycles. The third-order valence-electron chi connectivity index (χ3n) is 5.11. The van der Waals surface area contributed by atoms with Gasteiger partial charge in [0.05, 0.1) is 41.2 Å². The highest BCUT2D eigenvalue weighted by Gasteiger charge is 2.45. The van der Waals surface area contributed by atoms with Crippen molar-refractivity contribution in [3.63, 3.8) is 0 Å². The van der Waals surface area contributed by atoms with Gasteiger partial charge >= 0.3 is 5.97 Å². The van der Waals surface area contributed by atoms with Gasteiger partial charge in [0, 0.05) is 19.3 Å². The Balaban J connectivity index is 1.56. The van der Waals surface area contributed by atoms with Gasteiger partial charge in [-0.15, -0.1) is 0 Å². The van der Waals surface area contributed by atoms with Gasteiger partial charge in [0.25, 0.3) is 0 Å². The summed E-state index contributed by atoms with van der Waals surface area (Å²) in [6.45, 7) is 4.49. The fourth-order valence-electron chi connectivity index (χ4n) is 3.64. The lowest BCUT2D eigenvalue weighted by molar-refractivity contribution is 0.0526. The highest BCUT2D eigenvalue weighted by molar-refractivity contribution is 6.33. The first kappa shape index (κ1) is 16.9. The second-order valence-electron chi connectivity index (χ2n) is 6.85. The summed E-state index contributed by atoms with van der Waals surface area (Å²) >= 11 is 6.53. The summed E-state index contributed by atoms with van der Waals surface area (Å²) < 4.78 is 6.59. The molecule has 1 saturated heterocycles. The van der Waals surface area contributed by atoms with Crippen molar-refractivity contribution in [1.29, 1.82) is 5.26 Å². The van der Waals surface area contributed by atoms with Crippen LogP contribution in [-0.2, 0) is 11.3 Å². The molecule has 1 aliphatic carbocycles. The normalized spacial score (nSPS) is 20.6. The van der Waals surface area contributed by atoms with Crippen LogP contribution in [0.4, 0.5) is 5.69 Å². The first-order valence-corrected chi connectivity index (χ1v) is 9.14. The topological polar surface area (TPSA) is 71.2 Å². The van der Waals surface area contributed by atoms with Gasteiger partial charge < -0.3 is 9.64 Å². The number of nitriles is 1. The average molecular weight is 371 g/mol. The number of anilines is 1. The van der Waals surface area contributed by atoms with Gasteiger partial charge in [0.2, 0.25) is 0 Å². The molecule has 4 rings (SSSR count). The maximum Gasteiger partial charge on any atom is 0.341 e. The summed E-state index contributed by atoms with van der Waals surface area (Å²) in [4.78, 5) is 14.0. The van der Waals surface area contributed by atoms with Gasteiger partial charge in [-0.2, -0.15) is 10.4 Å². The van der Waals surface area contributed by atoms with Gasteiger partial charge in [-0.25, -0.2) is 4.79 Å². The third-order valence-corrected chi connectivity index (χ3v) is 5.54. The quantitative estimate of drug-likeness (QED) is 0.756. The fraction of sp³-hybridized carbons (Fsp3) is 0.421. The second kappa shape index (κ2) is 6.65. The molecule has 0 N–H and O–H groups in total. The molecule has 1 aromatic carbocycles. The molecule has 0 spiro atoms. The van der Waals surface area contributed by atoms with E-state index in [1.54, 1.807) is 17.8 Å². The molecular weight excluding hydrogens is 352 g/mol. The molecule has 0 amide bonds. The van der Waals surface area contributed by atoms with E-state index in [2.05, 4.69) is 16.1 Å². The van der Waals surface area contributed by atoms with Gasteiger partial charge in [-0.3, -0.25) is 4.68 Å². The van der Waals surface area contributed by atoms with E-state index in [0.717, 1.165) is 36.2 Å². The Morgan fingerprint density at radius 3 is 2.88 bits per heavy atom. The van der Waals surface area contributed by atoms with Crippen molar-refractivity contribution in [2.75, 3.05) is 24.6 Å². The number of hydrogen-bond donors (Lipinski definition) is 0. The summed E-state index contributed by atoms with van der Waals surface area (Å²) in [6.07, 6.45) is 4.41. The summed E-state index contributed by atoms with van der Waals surface area (Å²) in [5, 5.41) is 14.3. The Hall–Kier alpha value is -2.52. The van der Waals surface area contributed by atoms with Crippen LogP contribution in [0.2, 0.25) is 5.02 Å². The van der Waals surface area contributed by atoms with Crippen LogP contribution in [0.3, 0.4) is 0 Å². The van der Waals surface area contributed by atoms with E-state index in [0.29, 0.717) is 29.3 Å². The number of benzene rings is 1. The number of fused-ring (bicyclic) bond motifs is 1. The molecule has 0 bridgehead atoms. The zero-order valence-corrected chi connectivity index (χ0v) is 15.2. The minimum absolute atomic E-state index is 0.320. The van der Waals surface area contributed by atoms with Crippen molar-refractivity contribution >= 4 is 23.3 Å². The number of halogens is 1. The van der Waals surface area contributed by atoms with E-state index < -0.39 is 5.97 Å². The lowest BCUT2D eigenvalue weighted by Crippen LogP contribution is -2.23. The zero-order valence-electron chi connectivity index (χ0n) is 14.5. The molecule has 1 aliphatic heterocycles. The van der Waals surface area contributed by atoms with Crippen LogP contribution in [0.15, 0.2) is 24.5 Å². The fourth-order valence-corrected chi connectivity index (χ4v) is 3.90. The van der Waals surface area contributed by atoms with Crippen LogP contribution in [0.1, 0.15) is 34.8 Å². The molecule has 6 nitrogen and oxygen atoms in total. The molecule has 0 radical (unpaired) electrons. The van der Waals surface area contributed by atoms with Crippen molar-refractivity contribution in [1.82, 2.24) is 9.78 Å². The first-order valence-electron chi connectivity index (χ1n) is 8.76. The van der Waals surface area contributed by atoms with Crippen LogP contribution >= 0.6 is 11.6 Å². The molecule has 7 heteroatoms. The lowest BCUT2D eigenvalue weighted by Gasteiger charge is -2.22. The van der Waals surface area contributed by atoms with E-state index in [-0.39, 0.29) is 0 Å². The predicted octanol–water partition coefficient (Wildman–Crippen LogP) is 3.09. The monoisotopic (exact) mass is 370 g/mol. The number of carbonyl (C=O) groups excluding carboxylic acids is 1. The Morgan fingerprint density at radius 2 is 2.19 bits per heavy atom. The van der Waals surface area contributed by atoms with Crippen molar-refractivity contribution in [2.45, 2.75) is 19.9 Å². The molecule has 1 aromatic heterocycles. The highest BCUT2D eigenvalue weighted by Crippen LogP contribution is 2.47. The number of esters is 1. The lowest BCUT2D eigenvalue weighted by atomic mass is 10.1. The van der Waals surface area contributed by atoms with Crippen LogP contribution in [-0.4, -0.2) is 35.4 Å². The van der Waals surface area contributed by atoms with Gasteiger partial charge in [-0.05, 0) is 36.8 Å². The Labute approximate surface area is 156 Å². The third kappa shape index (κ3) is 3.04. The first-order chi connectivity index (χ1) is 12.6. The number of piperidine rings is 1. The summed E-state index contributed by atoms with van der Waals surface area (Å²) in [7, 11) is 0. The molecule has 2 aliphatic rings. The number of rotatable bonds is 5. The van der Waals surface area contributed by atoms with E-state index in [1.165, 1.54) is 12.6 Å². The minimum Gasteiger partial charge on any atom is -0.462 e. The number of nitrogens with zero attached hydrogens (tertiary/aromatic N) is 4. The maximum absolute atomic E-state index is 11.7. The predicted molar refractivity (Wildman–Crippen MR) is 97.3 cm³/mol. The number of hydrogen-bond acceptors (Lipinski definition) is 5. The van der Waals surface area contributed by atoms with Crippen LogP contribution in [0, 0.1) is 23.2 Å². The largest absolute Gasteiger partial charge is 0.462 e. The Morgan fingerprint density at radius 1 is 1.42 bits per heavy atom. The van der Waals surface area contributed by atoms with E-state index in [9.17, 15) is 10.1 Å². The maximum atomic E-state index is 11.7. The molecule has 2 heterocycles. The smallest absolute Gasteiger partial charge is 0.341 e. The number of carbonyl (C=O) groups is 1. The molecule has 26 heavy (non-hydrogen) atoms. The standard InChI is InChI=1S/C19H19ClN4O2/c1-2-26-19(25)15-7-22-24(11-15)10-12-3-4-17(16(6-21)18(12)20)23-8-13-5-14(13)9-23/h3-4,7,11,13-14H,2,5,8-10H2,1H3. The average Bonchev–Trinajstić information content (AvgIpc) is 3.04. The summed E-state index contributed by atoms with van der Waals surface area (Å²) in [5.41, 5.74) is 2.63. The van der Waals surface area contributed by atoms with Crippen molar-refractivity contribution in [3.05, 3.63) is 46.2 Å².